The zero-order chi connectivity index (χ0) is 13.7. The number of benzene rings is 1. The minimum atomic E-state index is -0.347. The molecule has 0 aliphatic carbocycles. The van der Waals surface area contributed by atoms with Gasteiger partial charge in [-0.1, -0.05) is 12.1 Å². The zero-order valence-electron chi connectivity index (χ0n) is 11.9. The van der Waals surface area contributed by atoms with Gasteiger partial charge in [-0.2, -0.15) is 0 Å². The maximum absolute atomic E-state index is 9.94. The number of nitrogens with one attached hydrogen (secondary N) is 1. The third kappa shape index (κ3) is 3.08. The molecule has 1 heterocycles. The van der Waals surface area contributed by atoms with Gasteiger partial charge >= 0.3 is 0 Å². The van der Waals surface area contributed by atoms with Gasteiger partial charge in [0.05, 0.1) is 19.3 Å². The number of nitrogens with zero attached hydrogens (tertiary/aromatic N) is 1. The van der Waals surface area contributed by atoms with E-state index in [-0.39, 0.29) is 12.1 Å². The molecule has 1 aliphatic heterocycles. The minimum Gasteiger partial charge on any atom is -0.497 e. The molecule has 0 bridgehead atoms. The van der Waals surface area contributed by atoms with E-state index < -0.39 is 0 Å². The van der Waals surface area contributed by atoms with E-state index in [0.29, 0.717) is 0 Å². The van der Waals surface area contributed by atoms with Crippen molar-refractivity contribution in [2.24, 2.45) is 0 Å². The average molecular weight is 264 g/mol. The quantitative estimate of drug-likeness (QED) is 0.858. The smallest absolute Gasteiger partial charge is 0.119 e. The Morgan fingerprint density at radius 1 is 1.37 bits per heavy atom. The fourth-order valence-electron chi connectivity index (χ4n) is 2.67. The van der Waals surface area contributed by atoms with Crippen LogP contribution in [0.2, 0.25) is 0 Å². The van der Waals surface area contributed by atoms with Crippen LogP contribution in [0.1, 0.15) is 18.9 Å². The zero-order valence-corrected chi connectivity index (χ0v) is 11.9. The lowest BCUT2D eigenvalue weighted by molar-refractivity contribution is 0.0451. The Morgan fingerprint density at radius 2 is 2.21 bits per heavy atom. The van der Waals surface area contributed by atoms with E-state index in [9.17, 15) is 5.11 Å². The first kappa shape index (κ1) is 14.3. The fraction of sp³-hybridized carbons (Fsp3) is 0.600. The second-order valence-electron chi connectivity index (χ2n) is 5.25. The van der Waals surface area contributed by atoms with Gasteiger partial charge in [-0.25, -0.2) is 0 Å². The van der Waals surface area contributed by atoms with Gasteiger partial charge in [0.2, 0.25) is 0 Å². The second kappa shape index (κ2) is 6.37. The van der Waals surface area contributed by atoms with Crippen LogP contribution in [0.15, 0.2) is 24.3 Å². The van der Waals surface area contributed by atoms with Crippen molar-refractivity contribution in [1.29, 1.82) is 0 Å². The van der Waals surface area contributed by atoms with Crippen molar-refractivity contribution in [3.05, 3.63) is 29.8 Å². The van der Waals surface area contributed by atoms with Crippen LogP contribution in [0.3, 0.4) is 0 Å². The van der Waals surface area contributed by atoms with Crippen LogP contribution in [0.4, 0.5) is 0 Å². The van der Waals surface area contributed by atoms with Crippen LogP contribution in [-0.2, 0) is 5.54 Å². The molecule has 1 aromatic rings. The van der Waals surface area contributed by atoms with Crippen molar-refractivity contribution >= 4 is 0 Å². The number of rotatable bonds is 4. The van der Waals surface area contributed by atoms with E-state index in [2.05, 4.69) is 23.2 Å². The molecule has 1 aromatic carbocycles. The molecule has 1 saturated heterocycles. The van der Waals surface area contributed by atoms with Gasteiger partial charge in [0.25, 0.3) is 0 Å². The third-order valence-corrected chi connectivity index (χ3v) is 4.04. The molecule has 19 heavy (non-hydrogen) atoms. The molecule has 4 heteroatoms. The Bertz CT molecular complexity index is 403. The first-order valence-corrected chi connectivity index (χ1v) is 6.92. The molecule has 0 aromatic heterocycles. The number of aliphatic hydroxyl groups excluding tert-OH is 1. The Hall–Kier alpha value is -1.10. The highest BCUT2D eigenvalue weighted by atomic mass is 16.5. The number of hydrogen-bond acceptors (Lipinski definition) is 4. The lowest BCUT2D eigenvalue weighted by Crippen LogP contribution is -2.48. The molecule has 1 fully saturated rings. The van der Waals surface area contributed by atoms with E-state index in [0.717, 1.165) is 43.9 Å². The van der Waals surface area contributed by atoms with E-state index >= 15 is 0 Å². The van der Waals surface area contributed by atoms with Crippen molar-refractivity contribution in [1.82, 2.24) is 10.2 Å². The molecular weight excluding hydrogens is 240 g/mol. The maximum Gasteiger partial charge on any atom is 0.119 e. The van der Waals surface area contributed by atoms with E-state index in [1.807, 2.05) is 18.2 Å². The average Bonchev–Trinajstić information content (AvgIpc) is 2.76. The summed E-state index contributed by atoms with van der Waals surface area (Å²) < 4.78 is 5.29. The first-order chi connectivity index (χ1) is 9.20. The highest BCUT2D eigenvalue weighted by Crippen LogP contribution is 2.30. The van der Waals surface area contributed by atoms with Gasteiger partial charge in [-0.15, -0.1) is 0 Å². The molecule has 106 valence electrons. The number of aliphatic hydroxyl groups is 1. The first-order valence-electron chi connectivity index (χ1n) is 6.92. The van der Waals surface area contributed by atoms with Crippen molar-refractivity contribution in [2.45, 2.75) is 18.9 Å². The lowest BCUT2D eigenvalue weighted by atomic mass is 9.90. The molecule has 0 spiro atoms. The standard InChI is InChI=1S/C15H24N2O2/c1-15(12-18,17-9-4-7-16-8-10-17)13-5-3-6-14(11-13)19-2/h3,5-6,11,16,18H,4,7-10,12H2,1-2H3. The maximum atomic E-state index is 9.94. The molecule has 1 unspecified atom stereocenters. The predicted molar refractivity (Wildman–Crippen MR) is 76.5 cm³/mol. The molecule has 0 amide bonds. The summed E-state index contributed by atoms with van der Waals surface area (Å²) in [6.07, 6.45) is 1.11. The van der Waals surface area contributed by atoms with E-state index in [1.54, 1.807) is 7.11 Å². The Morgan fingerprint density at radius 3 is 2.95 bits per heavy atom. The van der Waals surface area contributed by atoms with E-state index in [1.165, 1.54) is 0 Å². The largest absolute Gasteiger partial charge is 0.497 e. The van der Waals surface area contributed by atoms with Gasteiger partial charge in [0.15, 0.2) is 0 Å². The van der Waals surface area contributed by atoms with Crippen LogP contribution < -0.4 is 10.1 Å². The van der Waals surface area contributed by atoms with Gasteiger partial charge in [0.1, 0.15) is 5.75 Å². The molecule has 1 atom stereocenters. The number of ether oxygens (including phenoxy) is 1. The fourth-order valence-corrected chi connectivity index (χ4v) is 2.67. The summed E-state index contributed by atoms with van der Waals surface area (Å²) in [5, 5.41) is 13.3. The summed E-state index contributed by atoms with van der Waals surface area (Å²) >= 11 is 0. The summed E-state index contributed by atoms with van der Waals surface area (Å²) in [5.74, 6) is 0.838. The Balaban J connectivity index is 2.28. The second-order valence-corrected chi connectivity index (χ2v) is 5.25. The van der Waals surface area contributed by atoms with Crippen molar-refractivity contribution in [3.8, 4) is 5.75 Å². The van der Waals surface area contributed by atoms with Gasteiger partial charge in [-0.05, 0) is 37.6 Å². The highest BCUT2D eigenvalue weighted by molar-refractivity contribution is 5.33. The lowest BCUT2D eigenvalue weighted by Gasteiger charge is -2.40. The topological polar surface area (TPSA) is 44.7 Å². The summed E-state index contributed by atoms with van der Waals surface area (Å²) in [5.41, 5.74) is 0.761. The summed E-state index contributed by atoms with van der Waals surface area (Å²) in [7, 11) is 1.67. The SMILES string of the molecule is COc1cccc(C(C)(CO)N2CCCNCC2)c1. The van der Waals surface area contributed by atoms with E-state index in [4.69, 9.17) is 4.74 Å². The highest BCUT2D eigenvalue weighted by Gasteiger charge is 2.33. The summed E-state index contributed by atoms with van der Waals surface area (Å²) in [6, 6.07) is 8.01. The van der Waals surface area contributed by atoms with Gasteiger partial charge < -0.3 is 15.2 Å². The molecule has 1 aliphatic rings. The molecule has 0 saturated carbocycles. The molecule has 2 rings (SSSR count). The monoisotopic (exact) mass is 264 g/mol. The van der Waals surface area contributed by atoms with Crippen molar-refractivity contribution in [2.75, 3.05) is 39.9 Å². The third-order valence-electron chi connectivity index (χ3n) is 4.04. The van der Waals surface area contributed by atoms with Crippen LogP contribution in [-0.4, -0.2) is 49.9 Å². The van der Waals surface area contributed by atoms with Gasteiger partial charge in [0, 0.05) is 19.6 Å². The summed E-state index contributed by atoms with van der Waals surface area (Å²) in [4.78, 5) is 2.36. The van der Waals surface area contributed by atoms with Crippen LogP contribution in [0.5, 0.6) is 5.75 Å². The Labute approximate surface area is 115 Å². The van der Waals surface area contributed by atoms with Crippen molar-refractivity contribution in [3.63, 3.8) is 0 Å². The van der Waals surface area contributed by atoms with Crippen LogP contribution >= 0.6 is 0 Å². The molecular formula is C15H24N2O2. The minimum absolute atomic E-state index is 0.111. The number of hydrogen-bond donors (Lipinski definition) is 2. The summed E-state index contributed by atoms with van der Waals surface area (Å²) in [6.45, 7) is 6.19. The Kier molecular flexibility index (Phi) is 4.80. The number of methoxy groups -OCH3 is 1. The molecule has 0 radical (unpaired) electrons. The van der Waals surface area contributed by atoms with Crippen molar-refractivity contribution < 1.29 is 9.84 Å². The molecule has 4 nitrogen and oxygen atoms in total. The van der Waals surface area contributed by atoms with Crippen LogP contribution in [0.25, 0.3) is 0 Å². The predicted octanol–water partition coefficient (Wildman–Crippen LogP) is 1.20. The van der Waals surface area contributed by atoms with Gasteiger partial charge in [-0.3, -0.25) is 4.90 Å². The molecule has 2 N–H and O–H groups in total. The normalized spacial score (nSPS) is 20.6. The van der Waals surface area contributed by atoms with Crippen LogP contribution in [0, 0.1) is 0 Å².